The second kappa shape index (κ2) is 12.7. The van der Waals surface area contributed by atoms with Crippen LogP contribution in [-0.2, 0) is 14.3 Å². The summed E-state index contributed by atoms with van der Waals surface area (Å²) < 4.78 is 11.0. The molecule has 0 aliphatic rings. The molecule has 1 unspecified atom stereocenters. The molecule has 0 saturated carbocycles. The number of allylic oxidation sites excluding steroid dienone is 1. The Labute approximate surface area is 137 Å². The van der Waals surface area contributed by atoms with Crippen molar-refractivity contribution in [3.05, 3.63) is 11.6 Å². The van der Waals surface area contributed by atoms with Gasteiger partial charge in [-0.05, 0) is 58.8 Å². The fourth-order valence-corrected chi connectivity index (χ4v) is 2.37. The van der Waals surface area contributed by atoms with Crippen LogP contribution in [0, 0.1) is 5.92 Å². The van der Waals surface area contributed by atoms with Gasteiger partial charge in [0.05, 0.1) is 12.2 Å². The summed E-state index contributed by atoms with van der Waals surface area (Å²) in [5, 5.41) is 0. The number of esters is 1. The highest BCUT2D eigenvalue weighted by Crippen LogP contribution is 2.16. The Morgan fingerprint density at radius 1 is 1.09 bits per heavy atom. The maximum Gasteiger partial charge on any atom is 0.330 e. The first-order valence-corrected chi connectivity index (χ1v) is 8.88. The van der Waals surface area contributed by atoms with Gasteiger partial charge in [-0.15, -0.1) is 0 Å². The molecule has 22 heavy (non-hydrogen) atoms. The van der Waals surface area contributed by atoms with Crippen molar-refractivity contribution in [2.45, 2.75) is 92.3 Å². The van der Waals surface area contributed by atoms with Crippen LogP contribution in [0.15, 0.2) is 11.6 Å². The highest BCUT2D eigenvalue weighted by molar-refractivity contribution is 5.82. The topological polar surface area (TPSA) is 35.5 Å². The van der Waals surface area contributed by atoms with Gasteiger partial charge in [-0.3, -0.25) is 0 Å². The van der Waals surface area contributed by atoms with E-state index >= 15 is 0 Å². The van der Waals surface area contributed by atoms with Crippen molar-refractivity contribution in [1.29, 1.82) is 0 Å². The van der Waals surface area contributed by atoms with E-state index in [1.807, 2.05) is 20.8 Å². The number of hydrogen-bond donors (Lipinski definition) is 0. The number of hydrogen-bond acceptors (Lipinski definition) is 3. The summed E-state index contributed by atoms with van der Waals surface area (Å²) in [5.41, 5.74) is 1.10. The van der Waals surface area contributed by atoms with Crippen molar-refractivity contribution in [1.82, 2.24) is 0 Å². The third-order valence-corrected chi connectivity index (χ3v) is 3.86. The van der Waals surface area contributed by atoms with Crippen molar-refractivity contribution in [2.75, 3.05) is 6.61 Å². The van der Waals surface area contributed by atoms with Gasteiger partial charge in [0.15, 0.2) is 0 Å². The minimum Gasteiger partial charge on any atom is -0.460 e. The molecule has 0 aromatic carbocycles. The van der Waals surface area contributed by atoms with Crippen LogP contribution in [-0.4, -0.2) is 24.8 Å². The summed E-state index contributed by atoms with van der Waals surface area (Å²) in [6.07, 6.45) is 8.57. The second-order valence-corrected chi connectivity index (χ2v) is 6.57. The highest BCUT2D eigenvalue weighted by atomic mass is 16.5. The van der Waals surface area contributed by atoms with E-state index in [0.717, 1.165) is 44.3 Å². The zero-order valence-electron chi connectivity index (χ0n) is 15.5. The quantitative estimate of drug-likeness (QED) is 0.363. The standard InChI is InChI=1S/C19H36O3/c1-7-18(8-2)21-13-12-16(5)10-9-11-17(6)14-19(20)22-15(3)4/h14-16,18H,7-13H2,1-6H3. The van der Waals surface area contributed by atoms with Gasteiger partial charge in [-0.1, -0.05) is 32.8 Å². The molecule has 0 aliphatic heterocycles. The number of carbonyl (C=O) groups excluding carboxylic acids is 1. The lowest BCUT2D eigenvalue weighted by Crippen LogP contribution is -2.13. The Morgan fingerprint density at radius 2 is 1.73 bits per heavy atom. The summed E-state index contributed by atoms with van der Waals surface area (Å²) in [6, 6.07) is 0. The monoisotopic (exact) mass is 312 g/mol. The zero-order chi connectivity index (χ0) is 17.0. The number of ether oxygens (including phenoxy) is 2. The maximum absolute atomic E-state index is 11.5. The lowest BCUT2D eigenvalue weighted by Gasteiger charge is -2.16. The van der Waals surface area contributed by atoms with Gasteiger partial charge in [-0.2, -0.15) is 0 Å². The van der Waals surface area contributed by atoms with Crippen LogP contribution in [0.25, 0.3) is 0 Å². The molecule has 0 aliphatic carbocycles. The molecule has 0 aromatic heterocycles. The van der Waals surface area contributed by atoms with Crippen molar-refractivity contribution in [2.24, 2.45) is 5.92 Å². The molecule has 0 rings (SSSR count). The number of carbonyl (C=O) groups is 1. The first-order chi connectivity index (χ1) is 10.4. The summed E-state index contributed by atoms with van der Waals surface area (Å²) in [6.45, 7) is 13.2. The molecule has 0 spiro atoms. The summed E-state index contributed by atoms with van der Waals surface area (Å²) in [7, 11) is 0. The fourth-order valence-electron chi connectivity index (χ4n) is 2.37. The molecule has 0 heterocycles. The fraction of sp³-hybridized carbons (Fsp3) is 0.842. The molecule has 0 N–H and O–H groups in total. The Bertz CT molecular complexity index is 317. The minimum atomic E-state index is -0.223. The van der Waals surface area contributed by atoms with Gasteiger partial charge < -0.3 is 9.47 Å². The molecular weight excluding hydrogens is 276 g/mol. The van der Waals surface area contributed by atoms with Crippen LogP contribution >= 0.6 is 0 Å². The van der Waals surface area contributed by atoms with Crippen LogP contribution in [0.3, 0.4) is 0 Å². The Balaban J connectivity index is 3.80. The van der Waals surface area contributed by atoms with Crippen LogP contribution in [0.4, 0.5) is 0 Å². The average molecular weight is 312 g/mol. The van der Waals surface area contributed by atoms with E-state index in [4.69, 9.17) is 9.47 Å². The normalized spacial score (nSPS) is 13.7. The van der Waals surface area contributed by atoms with E-state index < -0.39 is 0 Å². The second-order valence-electron chi connectivity index (χ2n) is 6.57. The van der Waals surface area contributed by atoms with Gasteiger partial charge in [0.1, 0.15) is 0 Å². The van der Waals surface area contributed by atoms with Crippen molar-refractivity contribution in [3.63, 3.8) is 0 Å². The van der Waals surface area contributed by atoms with Crippen LogP contribution in [0.1, 0.15) is 80.1 Å². The van der Waals surface area contributed by atoms with Crippen LogP contribution < -0.4 is 0 Å². The van der Waals surface area contributed by atoms with E-state index in [-0.39, 0.29) is 12.1 Å². The van der Waals surface area contributed by atoms with E-state index in [1.54, 1.807) is 6.08 Å². The van der Waals surface area contributed by atoms with Crippen molar-refractivity contribution >= 4 is 5.97 Å². The van der Waals surface area contributed by atoms with Gasteiger partial charge >= 0.3 is 5.97 Å². The predicted octanol–water partition coefficient (Wildman–Crippen LogP) is 5.29. The molecule has 0 saturated heterocycles. The van der Waals surface area contributed by atoms with Crippen molar-refractivity contribution in [3.8, 4) is 0 Å². The predicted molar refractivity (Wildman–Crippen MR) is 92.9 cm³/mol. The molecule has 0 radical (unpaired) electrons. The summed E-state index contributed by atoms with van der Waals surface area (Å²) in [4.78, 5) is 11.5. The van der Waals surface area contributed by atoms with E-state index in [2.05, 4.69) is 20.8 Å². The summed E-state index contributed by atoms with van der Waals surface area (Å²) in [5.74, 6) is 0.448. The third kappa shape index (κ3) is 11.8. The Kier molecular flexibility index (Phi) is 12.2. The van der Waals surface area contributed by atoms with Gasteiger partial charge in [0.25, 0.3) is 0 Å². The first kappa shape index (κ1) is 21.2. The van der Waals surface area contributed by atoms with Gasteiger partial charge in [-0.25, -0.2) is 4.79 Å². The average Bonchev–Trinajstić information content (AvgIpc) is 2.42. The Hall–Kier alpha value is -0.830. The first-order valence-electron chi connectivity index (χ1n) is 8.88. The molecule has 3 heteroatoms. The molecule has 3 nitrogen and oxygen atoms in total. The highest BCUT2D eigenvalue weighted by Gasteiger charge is 2.07. The van der Waals surface area contributed by atoms with Gasteiger partial charge in [0, 0.05) is 12.7 Å². The summed E-state index contributed by atoms with van der Waals surface area (Å²) >= 11 is 0. The molecule has 0 aromatic rings. The lowest BCUT2D eigenvalue weighted by atomic mass is 9.99. The zero-order valence-corrected chi connectivity index (χ0v) is 15.5. The molecule has 130 valence electrons. The molecule has 1 atom stereocenters. The minimum absolute atomic E-state index is 0.0494. The smallest absolute Gasteiger partial charge is 0.330 e. The van der Waals surface area contributed by atoms with Crippen LogP contribution in [0.5, 0.6) is 0 Å². The largest absolute Gasteiger partial charge is 0.460 e. The third-order valence-electron chi connectivity index (χ3n) is 3.86. The van der Waals surface area contributed by atoms with Gasteiger partial charge in [0.2, 0.25) is 0 Å². The lowest BCUT2D eigenvalue weighted by molar-refractivity contribution is -0.141. The molecule has 0 fully saturated rings. The Morgan fingerprint density at radius 3 is 2.27 bits per heavy atom. The van der Waals surface area contributed by atoms with E-state index in [9.17, 15) is 4.79 Å². The molecule has 0 amide bonds. The van der Waals surface area contributed by atoms with Crippen LogP contribution in [0.2, 0.25) is 0 Å². The SMILES string of the molecule is CCC(CC)OCCC(C)CCCC(C)=CC(=O)OC(C)C. The molecule has 0 bridgehead atoms. The maximum atomic E-state index is 11.5. The van der Waals surface area contributed by atoms with E-state index in [1.165, 1.54) is 6.42 Å². The van der Waals surface area contributed by atoms with E-state index in [0.29, 0.717) is 12.0 Å². The molecular formula is C19H36O3. The number of rotatable bonds is 12. The van der Waals surface area contributed by atoms with Crippen molar-refractivity contribution < 1.29 is 14.3 Å².